The van der Waals surface area contributed by atoms with E-state index in [9.17, 15) is 23.4 Å². The second kappa shape index (κ2) is 8.71. The maximum atomic E-state index is 11.5. The van der Waals surface area contributed by atoms with E-state index in [-0.39, 0.29) is 30.6 Å². The number of hydrogen-bond acceptors (Lipinski definition) is 8. The summed E-state index contributed by atoms with van der Waals surface area (Å²) in [7, 11) is -4.57. The number of aromatic hydroxyl groups is 1. The lowest BCUT2D eigenvalue weighted by Gasteiger charge is -2.29. The molecule has 10 nitrogen and oxygen atoms in total. The number of benzene rings is 2. The molecule has 0 aliphatic carbocycles. The van der Waals surface area contributed by atoms with Crippen molar-refractivity contribution in [2.75, 3.05) is 18.5 Å². The number of nitrogens with one attached hydrogen (secondary N) is 2. The lowest BCUT2D eigenvalue weighted by molar-refractivity contribution is -0.118. The van der Waals surface area contributed by atoms with E-state index in [4.69, 9.17) is 9.29 Å². The van der Waals surface area contributed by atoms with Crippen LogP contribution < -0.4 is 19.6 Å². The highest BCUT2D eigenvalue weighted by Gasteiger charge is 2.26. The number of ether oxygens (including phenoxy) is 1. The Kier molecular flexibility index (Phi) is 6.41. The number of phenolic OH excluding ortho intramolecular Hbond substituents is 1. The van der Waals surface area contributed by atoms with Crippen molar-refractivity contribution >= 4 is 22.0 Å². The Bertz CT molecular complexity index is 1070. The van der Waals surface area contributed by atoms with Gasteiger partial charge in [0.15, 0.2) is 6.61 Å². The van der Waals surface area contributed by atoms with Crippen LogP contribution in [0.5, 0.6) is 17.2 Å². The van der Waals surface area contributed by atoms with Crippen molar-refractivity contribution in [3.8, 4) is 17.2 Å². The minimum Gasteiger partial charge on any atom is -0.508 e. The fourth-order valence-corrected chi connectivity index (χ4v) is 3.66. The number of aliphatic hydroxyl groups is 1. The Hall–Kier alpha value is -2.86. The Labute approximate surface area is 179 Å². The van der Waals surface area contributed by atoms with Crippen molar-refractivity contribution in [2.24, 2.45) is 0 Å². The van der Waals surface area contributed by atoms with E-state index >= 15 is 0 Å². The quantitative estimate of drug-likeness (QED) is 0.375. The molecular formula is C20H24N2O8S. The molecular weight excluding hydrogens is 428 g/mol. The molecule has 31 heavy (non-hydrogen) atoms. The second-order valence-corrected chi connectivity index (χ2v) is 8.88. The van der Waals surface area contributed by atoms with Crippen LogP contribution in [0, 0.1) is 0 Å². The molecule has 3 rings (SSSR count). The fraction of sp³-hybridized carbons (Fsp3) is 0.350. The van der Waals surface area contributed by atoms with Gasteiger partial charge in [0.2, 0.25) is 0 Å². The van der Waals surface area contributed by atoms with Crippen LogP contribution in [0.1, 0.15) is 31.1 Å². The Morgan fingerprint density at radius 2 is 1.94 bits per heavy atom. The zero-order chi connectivity index (χ0) is 22.8. The number of carbonyl (C=O) groups excluding carboxylic acids is 1. The lowest BCUT2D eigenvalue weighted by atomic mass is 9.94. The molecule has 2 aromatic rings. The van der Waals surface area contributed by atoms with Gasteiger partial charge in [0.25, 0.3) is 5.91 Å². The number of phenols is 1. The highest BCUT2D eigenvalue weighted by Crippen LogP contribution is 2.38. The summed E-state index contributed by atoms with van der Waals surface area (Å²) >= 11 is 0. The first-order valence-corrected chi connectivity index (χ1v) is 10.8. The van der Waals surface area contributed by atoms with E-state index < -0.39 is 22.0 Å². The largest absolute Gasteiger partial charge is 0.508 e. The van der Waals surface area contributed by atoms with Gasteiger partial charge < -0.3 is 29.8 Å². The van der Waals surface area contributed by atoms with Gasteiger partial charge in [-0.25, -0.2) is 0 Å². The predicted octanol–water partition coefficient (Wildman–Crippen LogP) is 1.55. The molecule has 0 unspecified atom stereocenters. The van der Waals surface area contributed by atoms with Crippen molar-refractivity contribution in [1.29, 1.82) is 0 Å². The normalized spacial score (nSPS) is 14.9. The molecule has 1 aliphatic heterocycles. The first-order chi connectivity index (χ1) is 14.4. The molecule has 11 heteroatoms. The summed E-state index contributed by atoms with van der Waals surface area (Å²) in [6.07, 6.45) is -0.475. The van der Waals surface area contributed by atoms with Gasteiger partial charge in [-0.1, -0.05) is 12.1 Å². The first-order valence-electron chi connectivity index (χ1n) is 9.40. The molecule has 0 fully saturated rings. The molecule has 168 valence electrons. The topological polar surface area (TPSA) is 154 Å². The van der Waals surface area contributed by atoms with Crippen molar-refractivity contribution < 1.29 is 36.9 Å². The Morgan fingerprint density at radius 1 is 1.26 bits per heavy atom. The van der Waals surface area contributed by atoms with Gasteiger partial charge in [-0.3, -0.25) is 9.35 Å². The fourth-order valence-electron chi connectivity index (χ4n) is 3.30. The summed E-state index contributed by atoms with van der Waals surface area (Å²) in [4.78, 5) is 11.5. The smallest absolute Gasteiger partial charge is 0.446 e. The van der Waals surface area contributed by atoms with Gasteiger partial charge in [-0.15, -0.1) is 0 Å². The monoisotopic (exact) mass is 452 g/mol. The molecule has 1 atom stereocenters. The summed E-state index contributed by atoms with van der Waals surface area (Å²) in [6.45, 7) is 3.83. The number of fused-ring (bicyclic) bond motifs is 1. The van der Waals surface area contributed by atoms with Crippen LogP contribution in [-0.4, -0.2) is 47.8 Å². The maximum Gasteiger partial charge on any atom is 0.446 e. The summed E-state index contributed by atoms with van der Waals surface area (Å²) in [5.41, 5.74) is 1.07. The molecule has 1 heterocycles. The predicted molar refractivity (Wildman–Crippen MR) is 112 cm³/mol. The van der Waals surface area contributed by atoms with Gasteiger partial charge in [-0.2, -0.15) is 8.42 Å². The average molecular weight is 452 g/mol. The zero-order valence-electron chi connectivity index (χ0n) is 17.0. The average Bonchev–Trinajstić information content (AvgIpc) is 2.65. The van der Waals surface area contributed by atoms with E-state index in [1.807, 2.05) is 13.8 Å². The molecule has 5 N–H and O–H groups in total. The molecule has 0 radical (unpaired) electrons. The lowest BCUT2D eigenvalue weighted by Crippen LogP contribution is -2.43. The molecule has 0 saturated carbocycles. The second-order valence-electron chi connectivity index (χ2n) is 7.86. The van der Waals surface area contributed by atoms with Crippen LogP contribution in [0.3, 0.4) is 0 Å². The van der Waals surface area contributed by atoms with Crippen LogP contribution in [0.15, 0.2) is 36.4 Å². The third kappa shape index (κ3) is 6.31. The summed E-state index contributed by atoms with van der Waals surface area (Å²) < 4.78 is 40.1. The standard InChI is InChI=1S/C20H24N2O8S/c1-20(2,9-12-3-5-14(6-4-12)30-31(26,27)28)21-10-17(24)15-7-13(23)8-16-19(15)29-11-18(25)22-16/h3-8,17,21,23-24H,9-11H2,1-2H3,(H,22,25)(H,26,27,28)/t17-/m0/s1. The van der Waals surface area contributed by atoms with Crippen LogP contribution in [-0.2, 0) is 21.6 Å². The molecule has 0 aromatic heterocycles. The highest BCUT2D eigenvalue weighted by molar-refractivity contribution is 7.81. The third-order valence-corrected chi connectivity index (χ3v) is 5.03. The SMILES string of the molecule is CC(C)(Cc1ccc(OS(=O)(=O)O)cc1)NC[C@H](O)c1cc(O)cc2c1OCC(=O)N2. The van der Waals surface area contributed by atoms with E-state index in [0.29, 0.717) is 23.4 Å². The molecule has 1 aliphatic rings. The number of amides is 1. The highest BCUT2D eigenvalue weighted by atomic mass is 32.3. The third-order valence-electron chi connectivity index (χ3n) is 4.63. The van der Waals surface area contributed by atoms with Gasteiger partial charge >= 0.3 is 10.4 Å². The molecule has 2 aromatic carbocycles. The Morgan fingerprint density at radius 3 is 2.58 bits per heavy atom. The van der Waals surface area contributed by atoms with E-state index in [1.165, 1.54) is 24.3 Å². The number of β-amino-alcohol motifs (C(OH)–C–C–N with tert-alkyl or cyclic N) is 1. The van der Waals surface area contributed by atoms with Crippen LogP contribution in [0.4, 0.5) is 5.69 Å². The minimum atomic E-state index is -4.57. The number of anilines is 1. The van der Waals surface area contributed by atoms with Crippen LogP contribution in [0.25, 0.3) is 0 Å². The first kappa shape index (κ1) is 22.8. The number of hydrogen-bond donors (Lipinski definition) is 5. The van der Waals surface area contributed by atoms with Crippen LogP contribution >= 0.6 is 0 Å². The van der Waals surface area contributed by atoms with Gasteiger partial charge in [0, 0.05) is 23.7 Å². The van der Waals surface area contributed by atoms with Gasteiger partial charge in [0.05, 0.1) is 11.8 Å². The molecule has 0 saturated heterocycles. The van der Waals surface area contributed by atoms with Crippen molar-refractivity contribution in [3.05, 3.63) is 47.5 Å². The maximum absolute atomic E-state index is 11.5. The summed E-state index contributed by atoms with van der Waals surface area (Å²) in [5.74, 6) is -0.136. The molecule has 1 amide bonds. The number of aliphatic hydroxyl groups excluding tert-OH is 1. The molecule has 0 bridgehead atoms. The van der Waals surface area contributed by atoms with E-state index in [2.05, 4.69) is 14.8 Å². The van der Waals surface area contributed by atoms with E-state index in [0.717, 1.165) is 5.56 Å². The summed E-state index contributed by atoms with van der Waals surface area (Å²) in [6, 6.07) is 8.95. The van der Waals surface area contributed by atoms with Gasteiger partial charge in [-0.05, 0) is 44.0 Å². The number of carbonyl (C=O) groups is 1. The van der Waals surface area contributed by atoms with Gasteiger partial charge in [0.1, 0.15) is 17.2 Å². The van der Waals surface area contributed by atoms with Crippen LogP contribution in [0.2, 0.25) is 0 Å². The van der Waals surface area contributed by atoms with Crippen molar-refractivity contribution in [2.45, 2.75) is 31.9 Å². The van der Waals surface area contributed by atoms with Crippen molar-refractivity contribution in [1.82, 2.24) is 5.32 Å². The Balaban J connectivity index is 1.64. The number of rotatable bonds is 8. The molecule has 0 spiro atoms. The van der Waals surface area contributed by atoms with Crippen molar-refractivity contribution in [3.63, 3.8) is 0 Å². The van der Waals surface area contributed by atoms with E-state index in [1.54, 1.807) is 12.1 Å². The summed E-state index contributed by atoms with van der Waals surface area (Å²) in [5, 5.41) is 26.4. The zero-order valence-corrected chi connectivity index (χ0v) is 17.8. The minimum absolute atomic E-state index is 0.00631.